The largest absolute Gasteiger partial charge is 0.338 e. The van der Waals surface area contributed by atoms with E-state index in [-0.39, 0.29) is 5.69 Å². The van der Waals surface area contributed by atoms with Gasteiger partial charge in [-0.15, -0.1) is 0 Å². The maximum atomic E-state index is 13.4. The molecule has 2 amide bonds. The summed E-state index contributed by atoms with van der Waals surface area (Å²) in [6.07, 6.45) is 4.29. The summed E-state index contributed by atoms with van der Waals surface area (Å²) in [4.78, 5) is 11.7. The van der Waals surface area contributed by atoms with Gasteiger partial charge >= 0.3 is 6.03 Å². The second kappa shape index (κ2) is 8.51. The number of unbranched alkanes of at least 4 members (excludes halogenated alkanes) is 1. The summed E-state index contributed by atoms with van der Waals surface area (Å²) in [6.45, 7) is 4.74. The molecule has 0 aliphatic carbocycles. The van der Waals surface area contributed by atoms with E-state index in [9.17, 15) is 13.6 Å². The van der Waals surface area contributed by atoms with Crippen LogP contribution in [-0.2, 0) is 0 Å². The molecule has 0 spiro atoms. The fourth-order valence-electron chi connectivity index (χ4n) is 1.94. The lowest BCUT2D eigenvalue weighted by atomic mass is 9.99. The standard InChI is InChI=1S/C15H22F2N2O/c1-3-5-6-11(4-2)10-18-15(20)19-14-9-12(16)7-8-13(14)17/h7-9,11H,3-6,10H2,1-2H3,(H2,18,19,20). The zero-order valence-corrected chi connectivity index (χ0v) is 12.0. The van der Waals surface area contributed by atoms with Crippen molar-refractivity contribution < 1.29 is 13.6 Å². The molecule has 1 aromatic carbocycles. The van der Waals surface area contributed by atoms with Gasteiger partial charge in [0.05, 0.1) is 5.69 Å². The molecule has 0 aliphatic rings. The topological polar surface area (TPSA) is 41.1 Å². The molecule has 0 saturated carbocycles. The third-order valence-electron chi connectivity index (χ3n) is 3.27. The van der Waals surface area contributed by atoms with Crippen LogP contribution in [0.15, 0.2) is 18.2 Å². The Balaban J connectivity index is 2.45. The molecule has 5 heteroatoms. The number of carbonyl (C=O) groups excluding carboxylic acids is 1. The Morgan fingerprint density at radius 1 is 1.30 bits per heavy atom. The molecule has 0 saturated heterocycles. The van der Waals surface area contributed by atoms with E-state index >= 15 is 0 Å². The number of amides is 2. The predicted octanol–water partition coefficient (Wildman–Crippen LogP) is 4.30. The molecule has 1 aromatic rings. The van der Waals surface area contributed by atoms with E-state index in [2.05, 4.69) is 24.5 Å². The highest BCUT2D eigenvalue weighted by Gasteiger charge is 2.10. The van der Waals surface area contributed by atoms with Crippen molar-refractivity contribution in [2.45, 2.75) is 39.5 Å². The highest BCUT2D eigenvalue weighted by molar-refractivity contribution is 5.89. The van der Waals surface area contributed by atoms with E-state index in [1.807, 2.05) is 0 Å². The number of nitrogens with one attached hydrogen (secondary N) is 2. The third kappa shape index (κ3) is 5.55. The van der Waals surface area contributed by atoms with Crippen molar-refractivity contribution in [2.24, 2.45) is 5.92 Å². The fourth-order valence-corrected chi connectivity index (χ4v) is 1.94. The van der Waals surface area contributed by atoms with Gasteiger partial charge in [0, 0.05) is 12.6 Å². The Morgan fingerprint density at radius 2 is 2.05 bits per heavy atom. The van der Waals surface area contributed by atoms with Crippen LogP contribution in [-0.4, -0.2) is 12.6 Å². The minimum Gasteiger partial charge on any atom is -0.338 e. The van der Waals surface area contributed by atoms with E-state index in [4.69, 9.17) is 0 Å². The zero-order chi connectivity index (χ0) is 15.0. The van der Waals surface area contributed by atoms with Crippen LogP contribution in [0.4, 0.5) is 19.3 Å². The summed E-state index contributed by atoms with van der Waals surface area (Å²) < 4.78 is 26.3. The molecule has 0 heterocycles. The Labute approximate surface area is 118 Å². The summed E-state index contributed by atoms with van der Waals surface area (Å²) in [5, 5.41) is 5.02. The van der Waals surface area contributed by atoms with E-state index in [1.54, 1.807) is 0 Å². The first kappa shape index (κ1) is 16.4. The van der Waals surface area contributed by atoms with E-state index in [0.717, 1.165) is 43.9 Å². The van der Waals surface area contributed by atoms with Crippen molar-refractivity contribution in [3.8, 4) is 0 Å². The number of hydrogen-bond donors (Lipinski definition) is 2. The summed E-state index contributed by atoms with van der Waals surface area (Å²) in [6, 6.07) is 2.45. The van der Waals surface area contributed by atoms with Crippen molar-refractivity contribution in [2.75, 3.05) is 11.9 Å². The molecule has 2 N–H and O–H groups in total. The number of benzene rings is 1. The monoisotopic (exact) mass is 284 g/mol. The molecule has 0 bridgehead atoms. The lowest BCUT2D eigenvalue weighted by molar-refractivity contribution is 0.249. The normalized spacial score (nSPS) is 12.0. The molecular formula is C15H22F2N2O. The Morgan fingerprint density at radius 3 is 2.70 bits per heavy atom. The van der Waals surface area contributed by atoms with Gasteiger partial charge in [0.25, 0.3) is 0 Å². The van der Waals surface area contributed by atoms with Crippen LogP contribution in [0.25, 0.3) is 0 Å². The average molecular weight is 284 g/mol. The SMILES string of the molecule is CCCCC(CC)CNC(=O)Nc1cc(F)ccc1F. The van der Waals surface area contributed by atoms with Crippen LogP contribution in [0, 0.1) is 17.6 Å². The number of urea groups is 1. The van der Waals surface area contributed by atoms with Gasteiger partial charge < -0.3 is 10.6 Å². The fraction of sp³-hybridized carbons (Fsp3) is 0.533. The summed E-state index contributed by atoms with van der Waals surface area (Å²) in [5.74, 6) is -0.825. The number of rotatable bonds is 7. The van der Waals surface area contributed by atoms with Crippen LogP contribution in [0.1, 0.15) is 39.5 Å². The van der Waals surface area contributed by atoms with Gasteiger partial charge in [-0.25, -0.2) is 13.6 Å². The van der Waals surface area contributed by atoms with E-state index < -0.39 is 17.7 Å². The summed E-state index contributed by atoms with van der Waals surface area (Å²) >= 11 is 0. The highest BCUT2D eigenvalue weighted by Crippen LogP contribution is 2.15. The predicted molar refractivity (Wildman–Crippen MR) is 76.7 cm³/mol. The first-order valence-corrected chi connectivity index (χ1v) is 7.06. The Kier molecular flexibility index (Phi) is 6.98. The molecule has 1 atom stereocenters. The lowest BCUT2D eigenvalue weighted by Crippen LogP contribution is -2.33. The second-order valence-corrected chi connectivity index (χ2v) is 4.88. The molecule has 0 aromatic heterocycles. The van der Waals surface area contributed by atoms with Gasteiger partial charge in [-0.1, -0.05) is 33.1 Å². The Bertz CT molecular complexity index is 438. The van der Waals surface area contributed by atoms with Gasteiger partial charge in [0.1, 0.15) is 11.6 Å². The van der Waals surface area contributed by atoms with Crippen LogP contribution in [0.3, 0.4) is 0 Å². The smallest absolute Gasteiger partial charge is 0.319 e. The minimum atomic E-state index is -0.653. The van der Waals surface area contributed by atoms with Crippen LogP contribution >= 0.6 is 0 Å². The number of halogens is 2. The van der Waals surface area contributed by atoms with Crippen LogP contribution < -0.4 is 10.6 Å². The van der Waals surface area contributed by atoms with Crippen LogP contribution in [0.2, 0.25) is 0 Å². The molecule has 0 aliphatic heterocycles. The summed E-state index contributed by atoms with van der Waals surface area (Å²) in [7, 11) is 0. The van der Waals surface area contributed by atoms with Crippen LogP contribution in [0.5, 0.6) is 0 Å². The van der Waals surface area contributed by atoms with Gasteiger partial charge in [0.15, 0.2) is 0 Å². The minimum absolute atomic E-state index is 0.149. The molecule has 1 rings (SSSR count). The average Bonchev–Trinajstić information content (AvgIpc) is 2.43. The van der Waals surface area contributed by atoms with Crippen molar-refractivity contribution in [1.82, 2.24) is 5.32 Å². The molecule has 1 unspecified atom stereocenters. The van der Waals surface area contributed by atoms with Gasteiger partial charge in [-0.3, -0.25) is 0 Å². The third-order valence-corrected chi connectivity index (χ3v) is 3.27. The van der Waals surface area contributed by atoms with E-state index in [1.165, 1.54) is 0 Å². The molecule has 3 nitrogen and oxygen atoms in total. The maximum Gasteiger partial charge on any atom is 0.319 e. The molecule has 0 radical (unpaired) electrons. The van der Waals surface area contributed by atoms with Gasteiger partial charge in [-0.05, 0) is 24.5 Å². The number of anilines is 1. The van der Waals surface area contributed by atoms with Crippen molar-refractivity contribution in [3.05, 3.63) is 29.8 Å². The Hall–Kier alpha value is -1.65. The quantitative estimate of drug-likeness (QED) is 0.770. The zero-order valence-electron chi connectivity index (χ0n) is 12.0. The highest BCUT2D eigenvalue weighted by atomic mass is 19.1. The summed E-state index contributed by atoms with van der Waals surface area (Å²) in [5.41, 5.74) is -0.149. The van der Waals surface area contributed by atoms with Crippen molar-refractivity contribution in [3.63, 3.8) is 0 Å². The van der Waals surface area contributed by atoms with Gasteiger partial charge in [0.2, 0.25) is 0 Å². The first-order valence-electron chi connectivity index (χ1n) is 7.06. The first-order chi connectivity index (χ1) is 9.56. The van der Waals surface area contributed by atoms with Crippen molar-refractivity contribution >= 4 is 11.7 Å². The molecule has 20 heavy (non-hydrogen) atoms. The number of carbonyl (C=O) groups is 1. The maximum absolute atomic E-state index is 13.4. The second-order valence-electron chi connectivity index (χ2n) is 4.88. The van der Waals surface area contributed by atoms with E-state index in [0.29, 0.717) is 12.5 Å². The molecule has 112 valence electrons. The molecule has 0 fully saturated rings. The number of hydrogen-bond acceptors (Lipinski definition) is 1. The molecular weight excluding hydrogens is 262 g/mol. The van der Waals surface area contributed by atoms with Gasteiger partial charge in [-0.2, -0.15) is 0 Å². The van der Waals surface area contributed by atoms with Crippen molar-refractivity contribution in [1.29, 1.82) is 0 Å². The lowest BCUT2D eigenvalue weighted by Gasteiger charge is -2.15.